The van der Waals surface area contributed by atoms with E-state index < -0.39 is 0 Å². The molecule has 132 valence electrons. The molecule has 3 aromatic rings. The SMILES string of the molecule is CCCc1ccc(C(=O)N(c2ccc(C)cc2)c2ccc(O)cc2)cc1. The second-order valence-corrected chi connectivity index (χ2v) is 6.44. The number of aromatic hydroxyl groups is 1. The summed E-state index contributed by atoms with van der Waals surface area (Å²) < 4.78 is 0. The summed E-state index contributed by atoms with van der Waals surface area (Å²) in [6, 6.07) is 22.3. The first-order valence-electron chi connectivity index (χ1n) is 8.87. The number of nitrogens with zero attached hydrogens (tertiary/aromatic N) is 1. The first-order chi connectivity index (χ1) is 12.6. The number of hydrogen-bond acceptors (Lipinski definition) is 2. The molecule has 26 heavy (non-hydrogen) atoms. The van der Waals surface area contributed by atoms with Crippen LogP contribution in [0.2, 0.25) is 0 Å². The molecule has 0 aromatic heterocycles. The molecule has 0 atom stereocenters. The molecular weight excluding hydrogens is 322 g/mol. The van der Waals surface area contributed by atoms with E-state index in [9.17, 15) is 9.90 Å². The highest BCUT2D eigenvalue weighted by molar-refractivity contribution is 6.10. The van der Waals surface area contributed by atoms with Crippen molar-refractivity contribution in [1.82, 2.24) is 0 Å². The fourth-order valence-electron chi connectivity index (χ4n) is 2.91. The molecule has 0 aliphatic rings. The van der Waals surface area contributed by atoms with Crippen molar-refractivity contribution >= 4 is 17.3 Å². The van der Waals surface area contributed by atoms with Gasteiger partial charge in [0.25, 0.3) is 5.91 Å². The van der Waals surface area contributed by atoms with Gasteiger partial charge in [0.1, 0.15) is 5.75 Å². The molecule has 0 heterocycles. The van der Waals surface area contributed by atoms with Crippen LogP contribution in [-0.2, 0) is 6.42 Å². The van der Waals surface area contributed by atoms with E-state index in [1.54, 1.807) is 29.2 Å². The average Bonchev–Trinajstić information content (AvgIpc) is 2.66. The highest BCUT2D eigenvalue weighted by atomic mass is 16.3. The number of hydrogen-bond donors (Lipinski definition) is 1. The van der Waals surface area contributed by atoms with Crippen molar-refractivity contribution in [2.45, 2.75) is 26.7 Å². The lowest BCUT2D eigenvalue weighted by molar-refractivity contribution is 0.0999. The Hall–Kier alpha value is -3.07. The van der Waals surface area contributed by atoms with Crippen molar-refractivity contribution in [3.05, 3.63) is 89.5 Å². The number of amides is 1. The Morgan fingerprint density at radius 3 is 1.92 bits per heavy atom. The minimum absolute atomic E-state index is 0.0948. The molecule has 0 saturated carbocycles. The summed E-state index contributed by atoms with van der Waals surface area (Å²) >= 11 is 0. The van der Waals surface area contributed by atoms with E-state index in [0.29, 0.717) is 11.3 Å². The van der Waals surface area contributed by atoms with Gasteiger partial charge in [-0.2, -0.15) is 0 Å². The number of phenols is 1. The number of phenolic OH excluding ortho intramolecular Hbond substituents is 1. The Morgan fingerprint density at radius 1 is 0.846 bits per heavy atom. The van der Waals surface area contributed by atoms with Crippen LogP contribution in [0.5, 0.6) is 5.75 Å². The zero-order chi connectivity index (χ0) is 18.5. The van der Waals surface area contributed by atoms with Crippen molar-refractivity contribution < 1.29 is 9.90 Å². The topological polar surface area (TPSA) is 40.5 Å². The molecular formula is C23H23NO2. The molecule has 0 fully saturated rings. The van der Waals surface area contributed by atoms with Gasteiger partial charge in [-0.3, -0.25) is 9.69 Å². The zero-order valence-electron chi connectivity index (χ0n) is 15.1. The molecule has 0 aliphatic heterocycles. The highest BCUT2D eigenvalue weighted by Gasteiger charge is 2.19. The van der Waals surface area contributed by atoms with Gasteiger partial charge >= 0.3 is 0 Å². The minimum Gasteiger partial charge on any atom is -0.508 e. The van der Waals surface area contributed by atoms with Crippen LogP contribution in [0.1, 0.15) is 34.8 Å². The number of carbonyl (C=O) groups is 1. The van der Waals surface area contributed by atoms with Gasteiger partial charge in [-0.1, -0.05) is 43.2 Å². The van der Waals surface area contributed by atoms with Gasteiger partial charge in [-0.25, -0.2) is 0 Å². The van der Waals surface area contributed by atoms with Crippen molar-refractivity contribution in [3.8, 4) is 5.75 Å². The third-order valence-electron chi connectivity index (χ3n) is 4.34. The Labute approximate surface area is 154 Å². The second kappa shape index (κ2) is 7.87. The quantitative estimate of drug-likeness (QED) is 0.651. The van der Waals surface area contributed by atoms with Gasteiger partial charge < -0.3 is 5.11 Å². The summed E-state index contributed by atoms with van der Waals surface area (Å²) in [4.78, 5) is 14.9. The molecule has 0 spiro atoms. The van der Waals surface area contributed by atoms with E-state index in [-0.39, 0.29) is 11.7 Å². The van der Waals surface area contributed by atoms with E-state index in [1.165, 1.54) is 5.56 Å². The Balaban J connectivity index is 2.00. The first-order valence-corrected chi connectivity index (χ1v) is 8.87. The van der Waals surface area contributed by atoms with Crippen LogP contribution in [0.25, 0.3) is 0 Å². The number of anilines is 2. The van der Waals surface area contributed by atoms with Gasteiger partial charge in [0, 0.05) is 16.9 Å². The van der Waals surface area contributed by atoms with Crippen LogP contribution in [0.4, 0.5) is 11.4 Å². The van der Waals surface area contributed by atoms with E-state index in [1.807, 2.05) is 55.5 Å². The van der Waals surface area contributed by atoms with Crippen molar-refractivity contribution in [1.29, 1.82) is 0 Å². The fourth-order valence-corrected chi connectivity index (χ4v) is 2.91. The van der Waals surface area contributed by atoms with Crippen LogP contribution in [0.3, 0.4) is 0 Å². The second-order valence-electron chi connectivity index (χ2n) is 6.44. The highest BCUT2D eigenvalue weighted by Crippen LogP contribution is 2.29. The molecule has 0 radical (unpaired) electrons. The summed E-state index contributed by atoms with van der Waals surface area (Å²) in [6.45, 7) is 4.16. The van der Waals surface area contributed by atoms with E-state index in [2.05, 4.69) is 6.92 Å². The van der Waals surface area contributed by atoms with Crippen LogP contribution in [0, 0.1) is 6.92 Å². The Bertz CT molecular complexity index is 820. The van der Waals surface area contributed by atoms with Crippen LogP contribution in [0.15, 0.2) is 72.8 Å². The lowest BCUT2D eigenvalue weighted by atomic mass is 10.1. The normalized spacial score (nSPS) is 10.5. The predicted octanol–water partition coefficient (Wildman–Crippen LogP) is 5.63. The molecule has 0 unspecified atom stereocenters. The lowest BCUT2D eigenvalue weighted by Gasteiger charge is -2.23. The van der Waals surface area contributed by atoms with Crippen molar-refractivity contribution in [2.75, 3.05) is 4.90 Å². The van der Waals surface area contributed by atoms with Gasteiger partial charge in [-0.05, 0) is 67.4 Å². The molecule has 0 bridgehead atoms. The molecule has 0 aliphatic carbocycles. The molecule has 1 N–H and O–H groups in total. The minimum atomic E-state index is -0.0948. The summed E-state index contributed by atoms with van der Waals surface area (Å²) in [7, 11) is 0. The average molecular weight is 345 g/mol. The van der Waals surface area contributed by atoms with Crippen molar-refractivity contribution in [2.24, 2.45) is 0 Å². The largest absolute Gasteiger partial charge is 0.508 e. The van der Waals surface area contributed by atoms with Gasteiger partial charge in [0.05, 0.1) is 0 Å². The standard InChI is InChI=1S/C23H23NO2/c1-3-4-18-7-9-19(10-8-18)23(26)24(20-11-5-17(2)6-12-20)21-13-15-22(25)16-14-21/h5-16,25H,3-4H2,1-2H3. The molecule has 3 rings (SSSR count). The maximum absolute atomic E-state index is 13.2. The van der Waals surface area contributed by atoms with E-state index in [4.69, 9.17) is 0 Å². The number of rotatable bonds is 5. The van der Waals surface area contributed by atoms with Crippen molar-refractivity contribution in [3.63, 3.8) is 0 Å². The fraction of sp³-hybridized carbons (Fsp3) is 0.174. The predicted molar refractivity (Wildman–Crippen MR) is 106 cm³/mol. The third kappa shape index (κ3) is 3.94. The van der Waals surface area contributed by atoms with Gasteiger partial charge in [0.2, 0.25) is 0 Å². The summed E-state index contributed by atoms with van der Waals surface area (Å²) in [5.41, 5.74) is 4.52. The Morgan fingerprint density at radius 2 is 1.38 bits per heavy atom. The molecule has 3 aromatic carbocycles. The number of benzene rings is 3. The van der Waals surface area contributed by atoms with E-state index >= 15 is 0 Å². The van der Waals surface area contributed by atoms with Crippen LogP contribution >= 0.6 is 0 Å². The molecule has 3 nitrogen and oxygen atoms in total. The monoisotopic (exact) mass is 345 g/mol. The maximum atomic E-state index is 13.2. The lowest BCUT2D eigenvalue weighted by Crippen LogP contribution is -2.25. The van der Waals surface area contributed by atoms with Crippen LogP contribution < -0.4 is 4.90 Å². The van der Waals surface area contributed by atoms with Crippen LogP contribution in [-0.4, -0.2) is 11.0 Å². The smallest absolute Gasteiger partial charge is 0.262 e. The summed E-state index contributed by atoms with van der Waals surface area (Å²) in [5.74, 6) is 0.0802. The number of aryl methyl sites for hydroxylation is 2. The number of carbonyl (C=O) groups excluding carboxylic acids is 1. The zero-order valence-corrected chi connectivity index (χ0v) is 15.1. The van der Waals surface area contributed by atoms with Gasteiger partial charge in [0.15, 0.2) is 0 Å². The first kappa shape index (κ1) is 17.7. The van der Waals surface area contributed by atoms with Gasteiger partial charge in [-0.15, -0.1) is 0 Å². The molecule has 3 heteroatoms. The molecule has 0 saturated heterocycles. The van der Waals surface area contributed by atoms with E-state index in [0.717, 1.165) is 24.1 Å². The third-order valence-corrected chi connectivity index (χ3v) is 4.34. The molecule has 1 amide bonds. The maximum Gasteiger partial charge on any atom is 0.262 e. The summed E-state index contributed by atoms with van der Waals surface area (Å²) in [6.07, 6.45) is 2.09. The summed E-state index contributed by atoms with van der Waals surface area (Å²) in [5, 5.41) is 9.58. The Kier molecular flexibility index (Phi) is 5.37.